The summed E-state index contributed by atoms with van der Waals surface area (Å²) in [4.78, 5) is 14.7. The van der Waals surface area contributed by atoms with Crippen LogP contribution in [0.3, 0.4) is 0 Å². The quantitative estimate of drug-likeness (QED) is 0.909. The van der Waals surface area contributed by atoms with Crippen molar-refractivity contribution in [3.63, 3.8) is 0 Å². The van der Waals surface area contributed by atoms with E-state index in [1.165, 1.54) is 0 Å². The summed E-state index contributed by atoms with van der Waals surface area (Å²) in [6.07, 6.45) is 0.931. The van der Waals surface area contributed by atoms with Crippen LogP contribution < -0.4 is 5.56 Å². The summed E-state index contributed by atoms with van der Waals surface area (Å²) in [6.45, 7) is 2.07. The van der Waals surface area contributed by atoms with Gasteiger partial charge in [-0.2, -0.15) is 5.26 Å². The van der Waals surface area contributed by atoms with Crippen molar-refractivity contribution >= 4 is 11.6 Å². The van der Waals surface area contributed by atoms with Crippen molar-refractivity contribution in [3.05, 3.63) is 56.5 Å². The Morgan fingerprint density at radius 1 is 1.37 bits per heavy atom. The molecule has 1 heterocycles. The second-order valence-electron chi connectivity index (χ2n) is 4.61. The molecule has 0 aliphatic heterocycles. The SMILES string of the molecule is CCC1c2[nH]c(=O)c(C#N)c(-c3ccc(Cl)cc3)c21. The molecule has 1 N–H and O–H groups in total. The summed E-state index contributed by atoms with van der Waals surface area (Å²) in [7, 11) is 0. The van der Waals surface area contributed by atoms with Crippen molar-refractivity contribution in [3.8, 4) is 17.2 Å². The maximum absolute atomic E-state index is 11.9. The van der Waals surface area contributed by atoms with E-state index in [1.807, 2.05) is 18.2 Å². The number of halogens is 1. The Kier molecular flexibility index (Phi) is 2.69. The standard InChI is InChI=1S/C15H11ClN2O/c1-2-10-13-12(8-3-5-9(16)6-4-8)11(7-17)15(19)18-14(10)13/h3-6,10H,2H2,1H3,(H,18,19). The van der Waals surface area contributed by atoms with Gasteiger partial charge in [0.05, 0.1) is 0 Å². The summed E-state index contributed by atoms with van der Waals surface area (Å²) in [5.41, 5.74) is 3.60. The van der Waals surface area contributed by atoms with Crippen molar-refractivity contribution in [1.29, 1.82) is 5.26 Å². The highest BCUT2D eigenvalue weighted by Gasteiger charge is 2.38. The molecule has 1 atom stereocenters. The fourth-order valence-electron chi connectivity index (χ4n) is 2.60. The number of aromatic nitrogens is 1. The van der Waals surface area contributed by atoms with E-state index >= 15 is 0 Å². The van der Waals surface area contributed by atoms with Crippen LogP contribution in [0.5, 0.6) is 0 Å². The number of nitrogens with one attached hydrogen (secondary N) is 1. The monoisotopic (exact) mass is 270 g/mol. The Bertz CT molecular complexity index is 753. The van der Waals surface area contributed by atoms with Gasteiger partial charge in [0.1, 0.15) is 11.6 Å². The molecular weight excluding hydrogens is 260 g/mol. The summed E-state index contributed by atoms with van der Waals surface area (Å²) in [5.74, 6) is 0.278. The molecule has 1 aliphatic carbocycles. The molecule has 19 heavy (non-hydrogen) atoms. The summed E-state index contributed by atoms with van der Waals surface area (Å²) >= 11 is 5.88. The van der Waals surface area contributed by atoms with Gasteiger partial charge >= 0.3 is 0 Å². The van der Waals surface area contributed by atoms with Crippen molar-refractivity contribution in [1.82, 2.24) is 4.98 Å². The number of nitriles is 1. The van der Waals surface area contributed by atoms with Gasteiger partial charge in [-0.25, -0.2) is 0 Å². The molecule has 3 rings (SSSR count). The van der Waals surface area contributed by atoms with Crippen LogP contribution in [-0.4, -0.2) is 4.98 Å². The molecule has 0 saturated carbocycles. The third kappa shape index (κ3) is 1.76. The van der Waals surface area contributed by atoms with Crippen LogP contribution in [-0.2, 0) is 0 Å². The number of hydrogen-bond donors (Lipinski definition) is 1. The van der Waals surface area contributed by atoms with E-state index in [9.17, 15) is 10.1 Å². The number of aromatic amines is 1. The zero-order valence-electron chi connectivity index (χ0n) is 10.3. The topological polar surface area (TPSA) is 56.6 Å². The van der Waals surface area contributed by atoms with Gasteiger partial charge in [-0.05, 0) is 29.7 Å². The van der Waals surface area contributed by atoms with Crippen LogP contribution in [0.2, 0.25) is 5.02 Å². The molecule has 1 aliphatic rings. The highest BCUT2D eigenvalue weighted by Crippen LogP contribution is 2.49. The Labute approximate surface area is 115 Å². The Morgan fingerprint density at radius 2 is 2.05 bits per heavy atom. The lowest BCUT2D eigenvalue weighted by Gasteiger charge is -2.03. The maximum Gasteiger partial charge on any atom is 0.266 e. The van der Waals surface area contributed by atoms with Crippen molar-refractivity contribution in [2.24, 2.45) is 0 Å². The maximum atomic E-state index is 11.9. The average molecular weight is 271 g/mol. The molecule has 94 valence electrons. The van der Waals surface area contributed by atoms with E-state index in [0.29, 0.717) is 5.02 Å². The van der Waals surface area contributed by atoms with Gasteiger partial charge in [0, 0.05) is 22.2 Å². The molecule has 4 heteroatoms. The zero-order chi connectivity index (χ0) is 13.6. The number of pyridine rings is 1. The normalized spacial score (nSPS) is 15.7. The molecule has 1 aromatic heterocycles. The largest absolute Gasteiger partial charge is 0.324 e. The molecule has 0 fully saturated rings. The van der Waals surface area contributed by atoms with E-state index in [2.05, 4.69) is 11.9 Å². The molecule has 1 aromatic carbocycles. The third-order valence-corrected chi connectivity index (χ3v) is 3.80. The van der Waals surface area contributed by atoms with Gasteiger partial charge in [0.2, 0.25) is 0 Å². The van der Waals surface area contributed by atoms with Crippen molar-refractivity contribution < 1.29 is 0 Å². The number of hydrogen-bond acceptors (Lipinski definition) is 2. The van der Waals surface area contributed by atoms with Crippen LogP contribution in [0, 0.1) is 11.3 Å². The minimum absolute atomic E-state index is 0.192. The minimum Gasteiger partial charge on any atom is -0.324 e. The Hall–Kier alpha value is -2.05. The summed E-state index contributed by atoms with van der Waals surface area (Å²) < 4.78 is 0. The van der Waals surface area contributed by atoms with Gasteiger partial charge in [0.25, 0.3) is 5.56 Å². The van der Waals surface area contributed by atoms with Gasteiger partial charge in [-0.15, -0.1) is 0 Å². The summed E-state index contributed by atoms with van der Waals surface area (Å²) in [5, 5.41) is 9.86. The zero-order valence-corrected chi connectivity index (χ0v) is 11.1. The predicted octanol–water partition coefficient (Wildman–Crippen LogP) is 3.42. The van der Waals surface area contributed by atoms with Crippen LogP contribution >= 0.6 is 11.6 Å². The molecule has 0 amide bonds. The second kappa shape index (κ2) is 4.25. The van der Waals surface area contributed by atoms with Crippen molar-refractivity contribution in [2.45, 2.75) is 19.3 Å². The molecule has 1 unspecified atom stereocenters. The van der Waals surface area contributed by atoms with E-state index in [1.54, 1.807) is 12.1 Å². The number of nitrogens with zero attached hydrogens (tertiary/aromatic N) is 1. The highest BCUT2D eigenvalue weighted by molar-refractivity contribution is 6.30. The smallest absolute Gasteiger partial charge is 0.266 e. The molecular formula is C15H11ClN2O. The van der Waals surface area contributed by atoms with E-state index in [4.69, 9.17) is 11.6 Å². The Morgan fingerprint density at radius 3 is 2.63 bits per heavy atom. The number of benzene rings is 1. The lowest BCUT2D eigenvalue weighted by atomic mass is 10.00. The first kappa shape index (κ1) is 12.0. The molecule has 2 aromatic rings. The van der Waals surface area contributed by atoms with E-state index in [-0.39, 0.29) is 17.0 Å². The second-order valence-corrected chi connectivity index (χ2v) is 5.05. The molecule has 0 saturated heterocycles. The van der Waals surface area contributed by atoms with Gasteiger partial charge < -0.3 is 4.98 Å². The first-order valence-electron chi connectivity index (χ1n) is 6.13. The number of rotatable bonds is 2. The first-order chi connectivity index (χ1) is 9.17. The van der Waals surface area contributed by atoms with Crippen LogP contribution in [0.25, 0.3) is 11.1 Å². The van der Waals surface area contributed by atoms with E-state index in [0.717, 1.165) is 28.8 Å². The van der Waals surface area contributed by atoms with Gasteiger partial charge in [-0.1, -0.05) is 30.7 Å². The predicted molar refractivity (Wildman–Crippen MR) is 74.4 cm³/mol. The van der Waals surface area contributed by atoms with Crippen LogP contribution in [0.4, 0.5) is 0 Å². The molecule has 0 spiro atoms. The number of fused-ring (bicyclic) bond motifs is 1. The molecule has 3 nitrogen and oxygen atoms in total. The molecule has 0 radical (unpaired) electrons. The van der Waals surface area contributed by atoms with Crippen molar-refractivity contribution in [2.75, 3.05) is 0 Å². The number of H-pyrrole nitrogens is 1. The van der Waals surface area contributed by atoms with Crippen LogP contribution in [0.1, 0.15) is 36.1 Å². The van der Waals surface area contributed by atoms with Gasteiger partial charge in [0.15, 0.2) is 0 Å². The lowest BCUT2D eigenvalue weighted by Crippen LogP contribution is -2.10. The van der Waals surface area contributed by atoms with Crippen LogP contribution in [0.15, 0.2) is 29.1 Å². The highest BCUT2D eigenvalue weighted by atomic mass is 35.5. The third-order valence-electron chi connectivity index (χ3n) is 3.55. The minimum atomic E-state index is -0.304. The average Bonchev–Trinajstić information content (AvgIpc) is 3.10. The summed E-state index contributed by atoms with van der Waals surface area (Å²) in [6, 6.07) is 9.27. The fraction of sp³-hybridized carbons (Fsp3) is 0.200. The van der Waals surface area contributed by atoms with E-state index < -0.39 is 0 Å². The lowest BCUT2D eigenvalue weighted by molar-refractivity contribution is 0.892. The molecule has 0 bridgehead atoms. The first-order valence-corrected chi connectivity index (χ1v) is 6.51. The van der Waals surface area contributed by atoms with Gasteiger partial charge in [-0.3, -0.25) is 4.79 Å². The fourth-order valence-corrected chi connectivity index (χ4v) is 2.72. The Balaban J connectivity index is 2.28.